The van der Waals surface area contributed by atoms with Crippen LogP contribution in [0, 0.1) is 6.92 Å². The maximum absolute atomic E-state index is 11.6. The van der Waals surface area contributed by atoms with Crippen LogP contribution in [0.1, 0.15) is 22.9 Å². The standard InChI is InChI=1S/C13H17N3O2S2/c1-8-7-15-13(19-8)9(2)16-10-5-4-6-11(12(10)14)20(3,17)18/h4-7,9,16H,14H2,1-3H3. The van der Waals surface area contributed by atoms with Crippen molar-refractivity contribution in [3.63, 3.8) is 0 Å². The van der Waals surface area contributed by atoms with E-state index in [0.717, 1.165) is 16.1 Å². The molecule has 2 aromatic rings. The minimum atomic E-state index is -3.33. The number of nitrogen functional groups attached to an aromatic ring is 1. The Morgan fingerprint density at radius 3 is 2.65 bits per heavy atom. The number of hydrogen-bond acceptors (Lipinski definition) is 6. The summed E-state index contributed by atoms with van der Waals surface area (Å²) in [6.07, 6.45) is 2.96. The number of aromatic nitrogens is 1. The Morgan fingerprint density at radius 1 is 1.40 bits per heavy atom. The van der Waals surface area contributed by atoms with E-state index in [4.69, 9.17) is 5.73 Å². The van der Waals surface area contributed by atoms with E-state index in [-0.39, 0.29) is 16.6 Å². The normalized spacial score (nSPS) is 13.2. The van der Waals surface area contributed by atoms with Crippen molar-refractivity contribution in [2.24, 2.45) is 0 Å². The van der Waals surface area contributed by atoms with Gasteiger partial charge >= 0.3 is 0 Å². The van der Waals surface area contributed by atoms with Crippen molar-refractivity contribution >= 4 is 32.5 Å². The largest absolute Gasteiger partial charge is 0.396 e. The third-order valence-corrected chi connectivity index (χ3v) is 5.10. The van der Waals surface area contributed by atoms with E-state index in [1.54, 1.807) is 23.5 Å². The zero-order valence-corrected chi connectivity index (χ0v) is 13.2. The highest BCUT2D eigenvalue weighted by molar-refractivity contribution is 7.90. The topological polar surface area (TPSA) is 85.1 Å². The summed E-state index contributed by atoms with van der Waals surface area (Å²) >= 11 is 1.60. The van der Waals surface area contributed by atoms with Gasteiger partial charge in [-0.25, -0.2) is 13.4 Å². The summed E-state index contributed by atoms with van der Waals surface area (Å²) in [5.74, 6) is 0. The lowest BCUT2D eigenvalue weighted by Gasteiger charge is -2.16. The van der Waals surface area contributed by atoms with E-state index < -0.39 is 9.84 Å². The molecule has 1 aromatic heterocycles. The van der Waals surface area contributed by atoms with Crippen molar-refractivity contribution in [2.45, 2.75) is 24.8 Å². The minimum Gasteiger partial charge on any atom is -0.396 e. The van der Waals surface area contributed by atoms with Crippen LogP contribution in [0.25, 0.3) is 0 Å². The van der Waals surface area contributed by atoms with Crippen LogP contribution in [-0.2, 0) is 9.84 Å². The number of rotatable bonds is 4. The first-order valence-corrected chi connectivity index (χ1v) is 8.77. The minimum absolute atomic E-state index is 0.0363. The molecule has 3 N–H and O–H groups in total. The molecule has 5 nitrogen and oxygen atoms in total. The lowest BCUT2D eigenvalue weighted by molar-refractivity contribution is 0.602. The molecule has 1 heterocycles. The van der Waals surface area contributed by atoms with Gasteiger partial charge in [0.1, 0.15) is 5.01 Å². The molecular formula is C13H17N3O2S2. The number of sulfone groups is 1. The van der Waals surface area contributed by atoms with E-state index in [1.165, 1.54) is 6.07 Å². The maximum Gasteiger partial charge on any atom is 0.177 e. The van der Waals surface area contributed by atoms with Crippen molar-refractivity contribution in [3.8, 4) is 0 Å². The van der Waals surface area contributed by atoms with Crippen LogP contribution in [0.5, 0.6) is 0 Å². The van der Waals surface area contributed by atoms with Gasteiger partial charge in [0.25, 0.3) is 0 Å². The molecule has 0 saturated carbocycles. The molecule has 0 aliphatic rings. The average molecular weight is 311 g/mol. The summed E-state index contributed by atoms with van der Waals surface area (Å²) in [7, 11) is -3.33. The summed E-state index contributed by atoms with van der Waals surface area (Å²) < 4.78 is 23.3. The summed E-state index contributed by atoms with van der Waals surface area (Å²) in [4.78, 5) is 5.58. The molecule has 1 aromatic carbocycles. The van der Waals surface area contributed by atoms with Crippen molar-refractivity contribution in [3.05, 3.63) is 34.3 Å². The Labute approximate surface area is 122 Å². The Kier molecular flexibility index (Phi) is 4.01. The van der Waals surface area contributed by atoms with Gasteiger partial charge in [-0.15, -0.1) is 11.3 Å². The van der Waals surface area contributed by atoms with Gasteiger partial charge < -0.3 is 11.1 Å². The number of anilines is 2. The zero-order valence-electron chi connectivity index (χ0n) is 11.5. The smallest absolute Gasteiger partial charge is 0.177 e. The van der Waals surface area contributed by atoms with Crippen LogP contribution in [0.2, 0.25) is 0 Å². The molecule has 7 heteroatoms. The lowest BCUT2D eigenvalue weighted by Crippen LogP contribution is -2.10. The predicted molar refractivity (Wildman–Crippen MR) is 82.9 cm³/mol. The number of para-hydroxylation sites is 1. The summed E-state index contributed by atoms with van der Waals surface area (Å²) in [5.41, 5.74) is 6.79. The second-order valence-electron chi connectivity index (χ2n) is 4.66. The number of nitrogens with two attached hydrogens (primary N) is 1. The number of aryl methyl sites for hydroxylation is 1. The zero-order chi connectivity index (χ0) is 14.9. The van der Waals surface area contributed by atoms with E-state index >= 15 is 0 Å². The van der Waals surface area contributed by atoms with Crippen LogP contribution in [0.3, 0.4) is 0 Å². The molecule has 0 saturated heterocycles. The lowest BCUT2D eigenvalue weighted by atomic mass is 10.2. The van der Waals surface area contributed by atoms with Crippen molar-refractivity contribution in [2.75, 3.05) is 17.3 Å². The molecular weight excluding hydrogens is 294 g/mol. The van der Waals surface area contributed by atoms with Gasteiger partial charge in [0.15, 0.2) is 9.84 Å². The molecule has 0 bridgehead atoms. The molecule has 1 atom stereocenters. The second kappa shape index (κ2) is 5.41. The first-order valence-electron chi connectivity index (χ1n) is 6.06. The second-order valence-corrected chi connectivity index (χ2v) is 7.92. The first-order chi connectivity index (χ1) is 9.29. The van der Waals surface area contributed by atoms with Gasteiger partial charge in [0, 0.05) is 17.3 Å². The van der Waals surface area contributed by atoms with Crippen molar-refractivity contribution in [1.82, 2.24) is 4.98 Å². The van der Waals surface area contributed by atoms with Gasteiger partial charge in [-0.3, -0.25) is 0 Å². The fraction of sp³-hybridized carbons (Fsp3) is 0.308. The monoisotopic (exact) mass is 311 g/mol. The predicted octanol–water partition coefficient (Wildman–Crippen LogP) is 2.61. The van der Waals surface area contributed by atoms with Gasteiger partial charge in [-0.1, -0.05) is 6.07 Å². The summed E-state index contributed by atoms with van der Waals surface area (Å²) in [6, 6.07) is 4.91. The molecule has 0 fully saturated rings. The first kappa shape index (κ1) is 14.8. The molecule has 108 valence electrons. The molecule has 0 radical (unpaired) electrons. The number of hydrogen-bond donors (Lipinski definition) is 2. The fourth-order valence-electron chi connectivity index (χ4n) is 1.86. The molecule has 0 amide bonds. The van der Waals surface area contributed by atoms with Gasteiger partial charge in [0.05, 0.1) is 22.3 Å². The van der Waals surface area contributed by atoms with Crippen LogP contribution < -0.4 is 11.1 Å². The highest BCUT2D eigenvalue weighted by Gasteiger charge is 2.16. The Bertz CT molecular complexity index is 723. The average Bonchev–Trinajstić information content (AvgIpc) is 2.77. The summed E-state index contributed by atoms with van der Waals surface area (Å²) in [6.45, 7) is 3.96. The Balaban J connectivity index is 2.31. The van der Waals surface area contributed by atoms with Crippen molar-refractivity contribution in [1.29, 1.82) is 0 Å². The fourth-order valence-corrected chi connectivity index (χ4v) is 3.47. The van der Waals surface area contributed by atoms with Gasteiger partial charge in [-0.05, 0) is 26.0 Å². The quantitative estimate of drug-likeness (QED) is 0.848. The third-order valence-electron chi connectivity index (χ3n) is 2.85. The number of nitrogens with zero attached hydrogens (tertiary/aromatic N) is 1. The molecule has 2 rings (SSSR count). The molecule has 0 aliphatic heterocycles. The van der Waals surface area contributed by atoms with E-state index in [1.807, 2.05) is 20.0 Å². The Hall–Kier alpha value is -1.60. The van der Waals surface area contributed by atoms with Crippen LogP contribution in [-0.4, -0.2) is 19.7 Å². The Morgan fingerprint density at radius 2 is 2.10 bits per heavy atom. The molecule has 0 spiro atoms. The number of nitrogens with one attached hydrogen (secondary N) is 1. The highest BCUT2D eigenvalue weighted by atomic mass is 32.2. The van der Waals surface area contributed by atoms with Crippen LogP contribution >= 0.6 is 11.3 Å². The van der Waals surface area contributed by atoms with E-state index in [0.29, 0.717) is 5.69 Å². The van der Waals surface area contributed by atoms with Crippen LogP contribution in [0.15, 0.2) is 29.3 Å². The molecule has 1 unspecified atom stereocenters. The van der Waals surface area contributed by atoms with Gasteiger partial charge in [-0.2, -0.15) is 0 Å². The van der Waals surface area contributed by atoms with Crippen molar-refractivity contribution < 1.29 is 8.42 Å². The SMILES string of the molecule is Cc1cnc(C(C)Nc2cccc(S(C)(=O)=O)c2N)s1. The summed E-state index contributed by atoms with van der Waals surface area (Å²) in [5, 5.41) is 4.15. The number of thiazole rings is 1. The highest BCUT2D eigenvalue weighted by Crippen LogP contribution is 2.30. The maximum atomic E-state index is 11.6. The van der Waals surface area contributed by atoms with Gasteiger partial charge in [0.2, 0.25) is 0 Å². The molecule has 0 aliphatic carbocycles. The molecule has 20 heavy (non-hydrogen) atoms. The van der Waals surface area contributed by atoms with E-state index in [9.17, 15) is 8.42 Å². The van der Waals surface area contributed by atoms with Crippen LogP contribution in [0.4, 0.5) is 11.4 Å². The van der Waals surface area contributed by atoms with E-state index in [2.05, 4.69) is 10.3 Å². The number of benzene rings is 1. The third kappa shape index (κ3) is 3.10.